The summed E-state index contributed by atoms with van der Waals surface area (Å²) in [7, 11) is 3.41. The highest BCUT2D eigenvalue weighted by atomic mass is 16.5. The Labute approximate surface area is 190 Å². The molecule has 5 rings (SSSR count). The van der Waals surface area contributed by atoms with Crippen LogP contribution in [0.4, 0.5) is 17.5 Å². The van der Waals surface area contributed by atoms with Crippen LogP contribution in [0, 0.1) is 0 Å². The maximum absolute atomic E-state index is 13.0. The molecule has 11 heteroatoms. The monoisotopic (exact) mass is 450 g/mol. The summed E-state index contributed by atoms with van der Waals surface area (Å²) in [5.74, 6) is 1.45. The highest BCUT2D eigenvalue weighted by Crippen LogP contribution is 2.26. The van der Waals surface area contributed by atoms with Crippen LogP contribution in [-0.4, -0.2) is 70.3 Å². The Balaban J connectivity index is 1.38. The van der Waals surface area contributed by atoms with Gasteiger partial charge in [-0.25, -0.2) is 9.97 Å². The van der Waals surface area contributed by atoms with Gasteiger partial charge in [-0.1, -0.05) is 6.07 Å². The van der Waals surface area contributed by atoms with E-state index in [1.165, 1.54) is 6.20 Å². The topological polar surface area (TPSA) is 126 Å². The third-order valence-electron chi connectivity index (χ3n) is 6.26. The number of anilines is 3. The molecule has 11 nitrogen and oxygen atoms in total. The molecule has 0 bridgehead atoms. The van der Waals surface area contributed by atoms with Crippen LogP contribution < -0.4 is 20.9 Å². The van der Waals surface area contributed by atoms with Crippen LogP contribution in [0.15, 0.2) is 36.7 Å². The number of rotatable bonds is 7. The molecule has 1 aliphatic heterocycles. The van der Waals surface area contributed by atoms with Crippen molar-refractivity contribution < 1.29 is 14.3 Å². The maximum Gasteiger partial charge on any atom is 0.257 e. The second-order valence-electron chi connectivity index (χ2n) is 8.17. The molecule has 3 aromatic heterocycles. The van der Waals surface area contributed by atoms with E-state index in [4.69, 9.17) is 4.74 Å². The van der Waals surface area contributed by atoms with Gasteiger partial charge >= 0.3 is 0 Å². The highest BCUT2D eigenvalue weighted by Gasteiger charge is 2.34. The molecule has 1 aliphatic carbocycles. The Morgan fingerprint density at radius 1 is 1.24 bits per heavy atom. The Kier molecular flexibility index (Phi) is 5.55. The molecule has 0 radical (unpaired) electrons. The Bertz CT molecular complexity index is 1180. The van der Waals surface area contributed by atoms with Gasteiger partial charge in [-0.3, -0.25) is 14.5 Å². The molecule has 1 saturated carbocycles. The van der Waals surface area contributed by atoms with E-state index in [1.54, 1.807) is 35.8 Å². The lowest BCUT2D eigenvalue weighted by atomic mass is 9.89. The number of ether oxygens (including phenoxy) is 1. The lowest BCUT2D eigenvalue weighted by Crippen LogP contribution is -2.51. The Morgan fingerprint density at radius 3 is 2.82 bits per heavy atom. The van der Waals surface area contributed by atoms with Gasteiger partial charge in [0.05, 0.1) is 18.3 Å². The van der Waals surface area contributed by atoms with Gasteiger partial charge in [-0.15, -0.1) is 0 Å². The highest BCUT2D eigenvalue weighted by molar-refractivity contribution is 6.01. The first kappa shape index (κ1) is 21.1. The van der Waals surface area contributed by atoms with E-state index >= 15 is 0 Å². The summed E-state index contributed by atoms with van der Waals surface area (Å²) in [6, 6.07) is 6.80. The van der Waals surface area contributed by atoms with Gasteiger partial charge in [-0.2, -0.15) is 9.61 Å². The van der Waals surface area contributed by atoms with E-state index in [9.17, 15) is 9.59 Å². The summed E-state index contributed by atoms with van der Waals surface area (Å²) in [4.78, 5) is 36.4. The summed E-state index contributed by atoms with van der Waals surface area (Å²) in [5.41, 5.74) is 0.770. The fourth-order valence-corrected chi connectivity index (χ4v) is 4.27. The molecule has 3 atom stereocenters. The van der Waals surface area contributed by atoms with Gasteiger partial charge in [-0.05, 0) is 31.4 Å². The van der Waals surface area contributed by atoms with Crippen LogP contribution >= 0.6 is 0 Å². The molecule has 0 spiro atoms. The molecular weight excluding hydrogens is 424 g/mol. The van der Waals surface area contributed by atoms with Crippen molar-refractivity contribution in [1.82, 2.24) is 24.9 Å². The third-order valence-corrected chi connectivity index (χ3v) is 6.26. The number of pyridine rings is 1. The molecule has 33 heavy (non-hydrogen) atoms. The molecule has 172 valence electrons. The predicted molar refractivity (Wildman–Crippen MR) is 122 cm³/mol. The number of amides is 2. The molecule has 3 aromatic rings. The van der Waals surface area contributed by atoms with Crippen molar-refractivity contribution in [3.05, 3.63) is 42.2 Å². The van der Waals surface area contributed by atoms with Crippen LogP contribution in [0.5, 0.6) is 0 Å². The van der Waals surface area contributed by atoms with E-state index < -0.39 is 6.04 Å². The van der Waals surface area contributed by atoms with Crippen molar-refractivity contribution in [2.45, 2.75) is 37.5 Å². The summed E-state index contributed by atoms with van der Waals surface area (Å²) >= 11 is 0. The van der Waals surface area contributed by atoms with E-state index in [0.717, 1.165) is 12.8 Å². The van der Waals surface area contributed by atoms with Crippen molar-refractivity contribution >= 4 is 34.9 Å². The van der Waals surface area contributed by atoms with Gasteiger partial charge in [0.2, 0.25) is 0 Å². The zero-order chi connectivity index (χ0) is 22.9. The molecule has 3 N–H and O–H groups in total. The predicted octanol–water partition coefficient (Wildman–Crippen LogP) is 1.29. The lowest BCUT2D eigenvalue weighted by Gasteiger charge is -2.35. The summed E-state index contributed by atoms with van der Waals surface area (Å²) in [6.07, 6.45) is 5.63. The van der Waals surface area contributed by atoms with Gasteiger partial charge in [0.1, 0.15) is 29.1 Å². The van der Waals surface area contributed by atoms with Crippen molar-refractivity contribution in [2.75, 3.05) is 36.2 Å². The molecule has 2 fully saturated rings. The van der Waals surface area contributed by atoms with Crippen molar-refractivity contribution in [1.29, 1.82) is 0 Å². The smallest absolute Gasteiger partial charge is 0.257 e. The van der Waals surface area contributed by atoms with Crippen LogP contribution in [0.1, 0.15) is 29.6 Å². The zero-order valence-electron chi connectivity index (χ0n) is 18.5. The molecular formula is C22H26N8O3. The summed E-state index contributed by atoms with van der Waals surface area (Å²) in [6.45, 7) is 0.567. The molecule has 2 aliphatic rings. The minimum absolute atomic E-state index is 0.0174. The van der Waals surface area contributed by atoms with Crippen molar-refractivity contribution in [2.24, 2.45) is 0 Å². The van der Waals surface area contributed by atoms with E-state index in [-0.39, 0.29) is 24.0 Å². The van der Waals surface area contributed by atoms with Crippen LogP contribution in [-0.2, 0) is 9.53 Å². The molecule has 2 amide bonds. The number of methoxy groups -OCH3 is 1. The number of nitrogens with zero attached hydrogens (tertiary/aromatic N) is 5. The van der Waals surface area contributed by atoms with Gasteiger partial charge in [0, 0.05) is 33.0 Å². The fraction of sp³-hybridized carbons (Fsp3) is 0.409. The largest absolute Gasteiger partial charge is 0.379 e. The van der Waals surface area contributed by atoms with Crippen LogP contribution in [0.3, 0.4) is 0 Å². The third kappa shape index (κ3) is 3.84. The first-order valence-corrected chi connectivity index (χ1v) is 11.0. The minimum Gasteiger partial charge on any atom is -0.379 e. The van der Waals surface area contributed by atoms with Crippen LogP contribution in [0.25, 0.3) is 5.65 Å². The average Bonchev–Trinajstić information content (AvgIpc) is 3.41. The normalized spacial score (nSPS) is 22.3. The average molecular weight is 451 g/mol. The van der Waals surface area contributed by atoms with Gasteiger partial charge < -0.3 is 20.7 Å². The quantitative estimate of drug-likeness (QED) is 0.492. The molecule has 0 aromatic carbocycles. The standard InChI is InChI=1S/C22H26N8O3/c1-23-19-11-17(26-15-8-10-29(22(15)32)18-5-3-4-9-24-18)28-20-13(12-25-30(19)20)21(31)27-14-6-7-16(14)33-2/h3-5,9,11-12,14-16,23H,6-8,10H2,1-2H3,(H,26,28)(H,27,31)/t14-,15?,16-/m1/s1. The zero-order valence-corrected chi connectivity index (χ0v) is 18.5. The number of nitrogens with one attached hydrogen (secondary N) is 3. The Morgan fingerprint density at radius 2 is 2.12 bits per heavy atom. The number of hydrogen-bond acceptors (Lipinski definition) is 8. The number of aromatic nitrogens is 4. The second kappa shape index (κ2) is 8.66. The van der Waals surface area contributed by atoms with Gasteiger partial charge in [0.15, 0.2) is 5.65 Å². The van der Waals surface area contributed by atoms with E-state index in [0.29, 0.717) is 41.6 Å². The fourth-order valence-electron chi connectivity index (χ4n) is 4.27. The van der Waals surface area contributed by atoms with Crippen LogP contribution in [0.2, 0.25) is 0 Å². The lowest BCUT2D eigenvalue weighted by molar-refractivity contribution is -0.117. The van der Waals surface area contributed by atoms with E-state index in [2.05, 4.69) is 31.0 Å². The number of fused-ring (bicyclic) bond motifs is 1. The van der Waals surface area contributed by atoms with Crippen molar-refractivity contribution in [3.8, 4) is 0 Å². The van der Waals surface area contributed by atoms with Crippen molar-refractivity contribution in [3.63, 3.8) is 0 Å². The second-order valence-corrected chi connectivity index (χ2v) is 8.17. The molecule has 1 saturated heterocycles. The minimum atomic E-state index is -0.440. The number of hydrogen-bond donors (Lipinski definition) is 3. The number of carbonyl (C=O) groups excluding carboxylic acids is 2. The summed E-state index contributed by atoms with van der Waals surface area (Å²) in [5, 5.41) is 13.6. The molecule has 1 unspecified atom stereocenters. The first-order valence-electron chi connectivity index (χ1n) is 11.0. The SMILES string of the molecule is CNc1cc(NC2CCN(c3ccccn3)C2=O)nc2c(C(=O)N[C@@H]3CC[C@H]3OC)cnn12. The maximum atomic E-state index is 13.0. The van der Waals surface area contributed by atoms with Gasteiger partial charge in [0.25, 0.3) is 11.8 Å². The first-order chi connectivity index (χ1) is 16.1. The number of carbonyl (C=O) groups is 2. The van der Waals surface area contributed by atoms with E-state index in [1.807, 2.05) is 18.2 Å². The summed E-state index contributed by atoms with van der Waals surface area (Å²) < 4.78 is 6.95. The Hall–Kier alpha value is -3.73. The molecule has 4 heterocycles.